The lowest BCUT2D eigenvalue weighted by molar-refractivity contribution is 0.785. The first-order chi connectivity index (χ1) is 6.90. The minimum Gasteiger partial charge on any atom is -0.379 e. The van der Waals surface area contributed by atoms with E-state index < -0.39 is 0 Å². The number of nitriles is 1. The molecular formula is C11H11N3. The van der Waals surface area contributed by atoms with Gasteiger partial charge in [-0.3, -0.25) is 0 Å². The van der Waals surface area contributed by atoms with Crippen LogP contribution in [0.15, 0.2) is 30.5 Å². The molecule has 0 amide bonds. The molecule has 0 unspecified atom stereocenters. The predicted octanol–water partition coefficient (Wildman–Crippen LogP) is 2.08. The van der Waals surface area contributed by atoms with Gasteiger partial charge in [0.05, 0.1) is 5.69 Å². The monoisotopic (exact) mass is 185 g/mol. The molecule has 1 aromatic heterocycles. The Balaban J connectivity index is 2.12. The van der Waals surface area contributed by atoms with E-state index in [0.717, 1.165) is 18.5 Å². The Morgan fingerprint density at radius 2 is 2.21 bits per heavy atom. The minimum atomic E-state index is 0.422. The highest BCUT2D eigenvalue weighted by Crippen LogP contribution is 2.18. The highest BCUT2D eigenvalue weighted by molar-refractivity contribution is 5.54. The van der Waals surface area contributed by atoms with E-state index in [-0.39, 0.29) is 0 Å². The Kier molecular flexibility index (Phi) is 2.46. The molecule has 0 atom stereocenters. The van der Waals surface area contributed by atoms with Gasteiger partial charge in [-0.25, -0.2) is 4.98 Å². The molecule has 2 rings (SSSR count). The second-order valence-electron chi connectivity index (χ2n) is 3.30. The quantitative estimate of drug-likeness (QED) is 0.717. The van der Waals surface area contributed by atoms with Crippen molar-refractivity contribution >= 4 is 5.69 Å². The molecule has 0 aromatic carbocycles. The van der Waals surface area contributed by atoms with Crippen LogP contribution in [0.5, 0.6) is 0 Å². The molecule has 1 aromatic rings. The Labute approximate surface area is 83.1 Å². The average molecular weight is 185 g/mol. The van der Waals surface area contributed by atoms with Crippen molar-refractivity contribution in [3.05, 3.63) is 36.2 Å². The van der Waals surface area contributed by atoms with E-state index in [0.29, 0.717) is 11.7 Å². The second-order valence-corrected chi connectivity index (χ2v) is 3.30. The Morgan fingerprint density at radius 1 is 1.43 bits per heavy atom. The molecule has 0 spiro atoms. The number of nitrogens with zero attached hydrogens (tertiary/aromatic N) is 2. The average Bonchev–Trinajstić information content (AvgIpc) is 2.71. The molecule has 0 radical (unpaired) electrons. The Bertz CT molecular complexity index is 382. The summed E-state index contributed by atoms with van der Waals surface area (Å²) in [5.74, 6) is 0. The molecule has 14 heavy (non-hydrogen) atoms. The summed E-state index contributed by atoms with van der Waals surface area (Å²) in [6.45, 7) is 0. The largest absolute Gasteiger partial charge is 0.379 e. The number of hydrogen-bond donors (Lipinski definition) is 1. The molecule has 0 aliphatic heterocycles. The maximum atomic E-state index is 8.82. The fraction of sp³-hybridized carbons (Fsp3) is 0.273. The van der Waals surface area contributed by atoms with Crippen LogP contribution in [0.3, 0.4) is 0 Å². The molecule has 1 N–H and O–H groups in total. The highest BCUT2D eigenvalue weighted by atomic mass is 14.9. The molecule has 0 fully saturated rings. The van der Waals surface area contributed by atoms with Crippen LogP contribution in [-0.2, 0) is 0 Å². The third-order valence-electron chi connectivity index (χ3n) is 2.28. The number of rotatable bonds is 2. The summed E-state index contributed by atoms with van der Waals surface area (Å²) in [6.07, 6.45) is 8.00. The van der Waals surface area contributed by atoms with E-state index >= 15 is 0 Å². The second kappa shape index (κ2) is 3.93. The fourth-order valence-corrected chi connectivity index (χ4v) is 1.57. The highest BCUT2D eigenvalue weighted by Gasteiger charge is 2.11. The molecule has 3 heteroatoms. The van der Waals surface area contributed by atoms with Crippen LogP contribution in [0.1, 0.15) is 18.5 Å². The van der Waals surface area contributed by atoms with E-state index in [1.165, 1.54) is 0 Å². The summed E-state index contributed by atoms with van der Waals surface area (Å²) in [5, 5.41) is 12.1. The molecule has 1 aliphatic rings. The summed E-state index contributed by atoms with van der Waals surface area (Å²) in [5.41, 5.74) is 1.31. The summed E-state index contributed by atoms with van der Waals surface area (Å²) in [4.78, 5) is 4.00. The number of aromatic nitrogens is 1. The predicted molar refractivity (Wildman–Crippen MR) is 54.7 cm³/mol. The van der Waals surface area contributed by atoms with Gasteiger partial charge in [0.15, 0.2) is 5.69 Å². The van der Waals surface area contributed by atoms with Gasteiger partial charge < -0.3 is 5.32 Å². The van der Waals surface area contributed by atoms with Crippen molar-refractivity contribution in [1.29, 1.82) is 5.26 Å². The first-order valence-corrected chi connectivity index (χ1v) is 4.67. The zero-order valence-corrected chi connectivity index (χ0v) is 7.77. The van der Waals surface area contributed by atoms with E-state index in [1.807, 2.05) is 12.1 Å². The first-order valence-electron chi connectivity index (χ1n) is 4.67. The fourth-order valence-electron chi connectivity index (χ4n) is 1.57. The number of pyridine rings is 1. The lowest BCUT2D eigenvalue weighted by Crippen LogP contribution is -2.16. The van der Waals surface area contributed by atoms with Gasteiger partial charge in [-0.05, 0) is 25.0 Å². The molecule has 0 saturated heterocycles. The molecule has 0 bridgehead atoms. The SMILES string of the molecule is N#Cc1ncccc1NC1CC=CC1. The van der Waals surface area contributed by atoms with Crippen LogP contribution in [0, 0.1) is 11.3 Å². The number of anilines is 1. The van der Waals surface area contributed by atoms with Crippen LogP contribution >= 0.6 is 0 Å². The van der Waals surface area contributed by atoms with Crippen LogP contribution in [-0.4, -0.2) is 11.0 Å². The van der Waals surface area contributed by atoms with E-state index in [9.17, 15) is 0 Å². The summed E-state index contributed by atoms with van der Waals surface area (Å²) < 4.78 is 0. The van der Waals surface area contributed by atoms with Gasteiger partial charge in [-0.15, -0.1) is 0 Å². The van der Waals surface area contributed by atoms with Crippen molar-refractivity contribution in [3.8, 4) is 6.07 Å². The molecular weight excluding hydrogens is 174 g/mol. The van der Waals surface area contributed by atoms with Gasteiger partial charge in [0.2, 0.25) is 0 Å². The summed E-state index contributed by atoms with van der Waals surface area (Å²) in [6, 6.07) is 6.23. The maximum absolute atomic E-state index is 8.82. The van der Waals surface area contributed by atoms with Gasteiger partial charge in [0.25, 0.3) is 0 Å². The minimum absolute atomic E-state index is 0.422. The van der Waals surface area contributed by atoms with E-state index in [1.54, 1.807) is 6.20 Å². The lowest BCUT2D eigenvalue weighted by atomic mass is 10.2. The molecule has 0 saturated carbocycles. The van der Waals surface area contributed by atoms with Gasteiger partial charge in [0.1, 0.15) is 6.07 Å². The normalized spacial score (nSPS) is 15.4. The number of nitrogens with one attached hydrogen (secondary N) is 1. The molecule has 1 aliphatic carbocycles. The van der Waals surface area contributed by atoms with Gasteiger partial charge in [-0.1, -0.05) is 12.2 Å². The van der Waals surface area contributed by atoms with Crippen molar-refractivity contribution in [3.63, 3.8) is 0 Å². The van der Waals surface area contributed by atoms with Crippen molar-refractivity contribution in [1.82, 2.24) is 4.98 Å². The smallest absolute Gasteiger partial charge is 0.163 e. The third-order valence-corrected chi connectivity index (χ3v) is 2.28. The molecule has 3 nitrogen and oxygen atoms in total. The van der Waals surface area contributed by atoms with Crippen LogP contribution in [0.25, 0.3) is 0 Å². The Morgan fingerprint density at radius 3 is 2.93 bits per heavy atom. The van der Waals surface area contributed by atoms with Crippen LogP contribution in [0.2, 0.25) is 0 Å². The van der Waals surface area contributed by atoms with Crippen molar-refractivity contribution in [2.75, 3.05) is 5.32 Å². The van der Waals surface area contributed by atoms with Crippen molar-refractivity contribution < 1.29 is 0 Å². The molecule has 1 heterocycles. The molecule has 70 valence electrons. The van der Waals surface area contributed by atoms with Gasteiger partial charge >= 0.3 is 0 Å². The van der Waals surface area contributed by atoms with Crippen LogP contribution < -0.4 is 5.32 Å². The topological polar surface area (TPSA) is 48.7 Å². The number of hydrogen-bond acceptors (Lipinski definition) is 3. The lowest BCUT2D eigenvalue weighted by Gasteiger charge is -2.13. The zero-order valence-electron chi connectivity index (χ0n) is 7.77. The van der Waals surface area contributed by atoms with Gasteiger partial charge in [0, 0.05) is 12.2 Å². The first kappa shape index (κ1) is 8.76. The van der Waals surface area contributed by atoms with Crippen molar-refractivity contribution in [2.24, 2.45) is 0 Å². The van der Waals surface area contributed by atoms with Crippen LogP contribution in [0.4, 0.5) is 5.69 Å². The summed E-state index contributed by atoms with van der Waals surface area (Å²) >= 11 is 0. The van der Waals surface area contributed by atoms with Crippen molar-refractivity contribution in [2.45, 2.75) is 18.9 Å². The summed E-state index contributed by atoms with van der Waals surface area (Å²) in [7, 11) is 0. The maximum Gasteiger partial charge on any atom is 0.163 e. The Hall–Kier alpha value is -1.82. The van der Waals surface area contributed by atoms with E-state index in [2.05, 4.69) is 28.5 Å². The zero-order chi connectivity index (χ0) is 9.80. The van der Waals surface area contributed by atoms with Gasteiger partial charge in [-0.2, -0.15) is 5.26 Å². The third kappa shape index (κ3) is 1.74. The standard InChI is InChI=1S/C11H11N3/c12-8-11-10(6-3-7-13-11)14-9-4-1-2-5-9/h1-3,6-7,9,14H,4-5H2. The van der Waals surface area contributed by atoms with E-state index in [4.69, 9.17) is 5.26 Å².